The van der Waals surface area contributed by atoms with Crippen molar-refractivity contribution >= 4 is 28.2 Å². The van der Waals surface area contributed by atoms with E-state index in [0.29, 0.717) is 16.8 Å². The molecule has 1 N–H and O–H groups in total. The fraction of sp³-hybridized carbons (Fsp3) is 0.500. The van der Waals surface area contributed by atoms with Crippen molar-refractivity contribution < 1.29 is 9.63 Å². The number of amides is 1. The Hall–Kier alpha value is -1.37. The van der Waals surface area contributed by atoms with Crippen LogP contribution in [0.5, 0.6) is 0 Å². The van der Waals surface area contributed by atoms with E-state index in [1.54, 1.807) is 6.20 Å². The summed E-state index contributed by atoms with van der Waals surface area (Å²) in [5, 5.41) is 10.5. The molecule has 94 valence electrons. The molecule has 0 saturated carbocycles. The largest absolute Gasteiger partial charge is 0.396 e. The average molecular weight is 303 g/mol. The molecule has 0 aliphatic heterocycles. The van der Waals surface area contributed by atoms with Crippen LogP contribution in [0.2, 0.25) is 0 Å². The summed E-state index contributed by atoms with van der Waals surface area (Å²) < 4.78 is 1.90. The lowest BCUT2D eigenvalue weighted by Crippen LogP contribution is -2.34. The predicted octanol–water partition coefficient (Wildman–Crippen LogP) is 1.98. The van der Waals surface area contributed by atoms with Gasteiger partial charge in [0.2, 0.25) is 0 Å². The molecule has 0 fully saturated rings. The van der Waals surface area contributed by atoms with Gasteiger partial charge in [-0.3, -0.25) is 0 Å². The lowest BCUT2D eigenvalue weighted by atomic mass is 10.4. The Balaban J connectivity index is 2.77. The Morgan fingerprint density at radius 1 is 1.76 bits per heavy atom. The first-order valence-corrected chi connectivity index (χ1v) is 6.05. The van der Waals surface area contributed by atoms with E-state index in [2.05, 4.69) is 31.5 Å². The van der Waals surface area contributed by atoms with E-state index < -0.39 is 0 Å². The highest BCUT2D eigenvalue weighted by Gasteiger charge is 2.11. The summed E-state index contributed by atoms with van der Waals surface area (Å²) in [5.41, 5.74) is 0.539. The molecule has 0 aromatic carbocycles. The quantitative estimate of drug-likeness (QED) is 0.683. The van der Waals surface area contributed by atoms with Gasteiger partial charge in [0.25, 0.3) is 0 Å². The molecular weight excluding hydrogens is 288 g/mol. The Kier molecular flexibility index (Phi) is 5.14. The van der Waals surface area contributed by atoms with E-state index in [4.69, 9.17) is 4.84 Å². The number of nitrogens with zero attached hydrogens (tertiary/aromatic N) is 3. The number of nitrogens with one attached hydrogen (secondary N) is 1. The molecule has 1 aromatic rings. The normalized spacial score (nSPS) is 11.1. The molecule has 0 aliphatic carbocycles. The van der Waals surface area contributed by atoms with Gasteiger partial charge < -0.3 is 10.2 Å². The van der Waals surface area contributed by atoms with Crippen molar-refractivity contribution in [3.05, 3.63) is 16.4 Å². The number of hydrogen-bond donors (Lipinski definition) is 1. The second-order valence-corrected chi connectivity index (χ2v) is 4.42. The molecule has 0 saturated heterocycles. The van der Waals surface area contributed by atoms with Crippen molar-refractivity contribution in [3.8, 4) is 0 Å². The molecular formula is C10H15BrN4O2. The Morgan fingerprint density at radius 2 is 2.47 bits per heavy atom. The van der Waals surface area contributed by atoms with Crippen LogP contribution >= 0.6 is 15.9 Å². The maximum atomic E-state index is 11.6. The van der Waals surface area contributed by atoms with Gasteiger partial charge in [-0.25, -0.2) is 4.79 Å². The van der Waals surface area contributed by atoms with Gasteiger partial charge in [0.05, 0.1) is 16.9 Å². The fourth-order valence-corrected chi connectivity index (χ4v) is 1.41. The van der Waals surface area contributed by atoms with Crippen LogP contribution in [0.25, 0.3) is 0 Å². The van der Waals surface area contributed by atoms with Gasteiger partial charge in [-0.05, 0) is 36.7 Å². The average Bonchev–Trinajstić information content (AvgIpc) is 2.60. The highest BCUT2D eigenvalue weighted by atomic mass is 79.9. The standard InChI is InChI=1S/C10H15BrN4O2/c1-4-17-12-5-9-8(11)6-15(14-9)10(16)13-7(2)3/h5-7H,4H2,1-3H3,(H,13,16). The van der Waals surface area contributed by atoms with Crippen LogP contribution in [-0.4, -0.2) is 34.7 Å². The van der Waals surface area contributed by atoms with E-state index in [0.717, 1.165) is 0 Å². The molecule has 1 aromatic heterocycles. The monoisotopic (exact) mass is 302 g/mol. The number of halogens is 1. The molecule has 7 heteroatoms. The predicted molar refractivity (Wildman–Crippen MR) is 68.2 cm³/mol. The SMILES string of the molecule is CCON=Cc1nn(C(=O)NC(C)C)cc1Br. The van der Waals surface area contributed by atoms with Crippen molar-refractivity contribution in [2.45, 2.75) is 26.8 Å². The molecule has 0 spiro atoms. The number of rotatable bonds is 4. The number of hydrogen-bond acceptors (Lipinski definition) is 4. The number of aromatic nitrogens is 2. The fourth-order valence-electron chi connectivity index (χ4n) is 1.03. The molecule has 1 rings (SSSR count). The first-order valence-electron chi connectivity index (χ1n) is 5.26. The van der Waals surface area contributed by atoms with Crippen molar-refractivity contribution in [1.82, 2.24) is 15.1 Å². The van der Waals surface area contributed by atoms with Crippen molar-refractivity contribution in [2.24, 2.45) is 5.16 Å². The first-order chi connectivity index (χ1) is 8.04. The molecule has 1 heterocycles. The molecule has 0 unspecified atom stereocenters. The summed E-state index contributed by atoms with van der Waals surface area (Å²) in [7, 11) is 0. The first kappa shape index (κ1) is 13.7. The summed E-state index contributed by atoms with van der Waals surface area (Å²) in [6, 6.07) is -0.220. The number of oxime groups is 1. The van der Waals surface area contributed by atoms with Gasteiger partial charge in [-0.2, -0.15) is 9.78 Å². The highest BCUT2D eigenvalue weighted by Crippen LogP contribution is 2.12. The van der Waals surface area contributed by atoms with Crippen molar-refractivity contribution in [2.75, 3.05) is 6.61 Å². The summed E-state index contributed by atoms with van der Waals surface area (Å²) in [4.78, 5) is 16.5. The van der Waals surface area contributed by atoms with Crippen LogP contribution in [-0.2, 0) is 4.84 Å². The molecule has 0 aliphatic rings. The zero-order valence-corrected chi connectivity index (χ0v) is 11.6. The van der Waals surface area contributed by atoms with Crippen LogP contribution in [0.1, 0.15) is 26.5 Å². The van der Waals surface area contributed by atoms with Gasteiger partial charge in [0, 0.05) is 6.04 Å². The van der Waals surface area contributed by atoms with Crippen LogP contribution in [0.15, 0.2) is 15.8 Å². The maximum Gasteiger partial charge on any atom is 0.342 e. The van der Waals surface area contributed by atoms with E-state index in [1.165, 1.54) is 10.9 Å². The minimum absolute atomic E-state index is 0.0611. The third kappa shape index (κ3) is 4.18. The lowest BCUT2D eigenvalue weighted by Gasteiger charge is -2.06. The third-order valence-corrected chi connectivity index (χ3v) is 2.31. The minimum atomic E-state index is -0.281. The Morgan fingerprint density at radius 3 is 3.06 bits per heavy atom. The number of carbonyl (C=O) groups excluding carboxylic acids is 1. The molecule has 1 amide bonds. The van der Waals surface area contributed by atoms with Crippen molar-refractivity contribution in [3.63, 3.8) is 0 Å². The van der Waals surface area contributed by atoms with Gasteiger partial charge >= 0.3 is 6.03 Å². The van der Waals surface area contributed by atoms with Crippen LogP contribution in [0.3, 0.4) is 0 Å². The number of carbonyl (C=O) groups is 1. The molecule has 6 nitrogen and oxygen atoms in total. The van der Waals surface area contributed by atoms with E-state index in [-0.39, 0.29) is 12.1 Å². The van der Waals surface area contributed by atoms with Gasteiger partial charge in [-0.1, -0.05) is 5.16 Å². The molecule has 0 atom stereocenters. The van der Waals surface area contributed by atoms with Crippen LogP contribution in [0, 0.1) is 0 Å². The zero-order valence-electron chi connectivity index (χ0n) is 9.98. The summed E-state index contributed by atoms with van der Waals surface area (Å²) in [6.45, 7) is 6.09. The summed E-state index contributed by atoms with van der Waals surface area (Å²) in [5.74, 6) is 0. The molecule has 0 radical (unpaired) electrons. The third-order valence-electron chi connectivity index (χ3n) is 1.69. The van der Waals surface area contributed by atoms with E-state index in [9.17, 15) is 4.79 Å². The van der Waals surface area contributed by atoms with Gasteiger partial charge in [-0.15, -0.1) is 0 Å². The second kappa shape index (κ2) is 6.39. The smallest absolute Gasteiger partial charge is 0.342 e. The summed E-state index contributed by atoms with van der Waals surface area (Å²) in [6.07, 6.45) is 3.03. The summed E-state index contributed by atoms with van der Waals surface area (Å²) >= 11 is 3.29. The Bertz CT molecular complexity index is 414. The Labute approximate surface area is 108 Å². The maximum absolute atomic E-state index is 11.6. The topological polar surface area (TPSA) is 68.5 Å². The second-order valence-electron chi connectivity index (χ2n) is 3.56. The minimum Gasteiger partial charge on any atom is -0.396 e. The zero-order chi connectivity index (χ0) is 12.8. The van der Waals surface area contributed by atoms with E-state index >= 15 is 0 Å². The van der Waals surface area contributed by atoms with Crippen molar-refractivity contribution in [1.29, 1.82) is 0 Å². The van der Waals surface area contributed by atoms with E-state index in [1.807, 2.05) is 20.8 Å². The van der Waals surface area contributed by atoms with Gasteiger partial charge in [0.15, 0.2) is 0 Å². The van der Waals surface area contributed by atoms with Crippen LogP contribution in [0.4, 0.5) is 4.79 Å². The lowest BCUT2D eigenvalue weighted by molar-refractivity contribution is 0.160. The molecule has 17 heavy (non-hydrogen) atoms. The van der Waals surface area contributed by atoms with Crippen LogP contribution < -0.4 is 5.32 Å². The van der Waals surface area contributed by atoms with Gasteiger partial charge in [0.1, 0.15) is 12.3 Å². The molecule has 0 bridgehead atoms. The highest BCUT2D eigenvalue weighted by molar-refractivity contribution is 9.10.